The SMILES string of the molecule is C[C@]12C=CCC=C1C=C[C@H]1[C@@H]3CCC[C@@]3(CO)CC[C@@H]12. The van der Waals surface area contributed by atoms with Gasteiger partial charge in [0.2, 0.25) is 0 Å². The Balaban J connectivity index is 1.75. The van der Waals surface area contributed by atoms with Crippen molar-refractivity contribution in [1.82, 2.24) is 0 Å². The number of hydrogen-bond donors (Lipinski definition) is 1. The lowest BCUT2D eigenvalue weighted by Crippen LogP contribution is -2.48. The first kappa shape index (κ1) is 12.9. The largest absolute Gasteiger partial charge is 0.396 e. The average Bonchev–Trinajstić information content (AvgIpc) is 2.91. The van der Waals surface area contributed by atoms with Crippen LogP contribution in [0.2, 0.25) is 0 Å². The second kappa shape index (κ2) is 4.34. The molecule has 0 saturated heterocycles. The van der Waals surface area contributed by atoms with Gasteiger partial charge in [0.05, 0.1) is 0 Å². The van der Waals surface area contributed by atoms with Gasteiger partial charge in [-0.2, -0.15) is 0 Å². The lowest BCUT2D eigenvalue weighted by molar-refractivity contribution is -0.0227. The fourth-order valence-corrected chi connectivity index (χ4v) is 5.86. The minimum absolute atomic E-state index is 0.251. The second-order valence-corrected chi connectivity index (χ2v) is 7.68. The van der Waals surface area contributed by atoms with E-state index in [0.717, 1.165) is 18.3 Å². The molecule has 2 saturated carbocycles. The van der Waals surface area contributed by atoms with Crippen LogP contribution in [-0.2, 0) is 0 Å². The quantitative estimate of drug-likeness (QED) is 0.706. The molecule has 5 atom stereocenters. The number of rotatable bonds is 1. The van der Waals surface area contributed by atoms with Gasteiger partial charge >= 0.3 is 0 Å². The maximum absolute atomic E-state index is 9.99. The minimum atomic E-state index is 0.251. The number of fused-ring (bicyclic) bond motifs is 5. The third kappa shape index (κ3) is 1.53. The lowest BCUT2D eigenvalue weighted by Gasteiger charge is -2.54. The minimum Gasteiger partial charge on any atom is -0.396 e. The predicted molar refractivity (Wildman–Crippen MR) is 82.2 cm³/mol. The van der Waals surface area contributed by atoms with Crippen LogP contribution in [0.25, 0.3) is 0 Å². The van der Waals surface area contributed by atoms with Gasteiger partial charge in [-0.15, -0.1) is 0 Å². The van der Waals surface area contributed by atoms with Crippen molar-refractivity contribution >= 4 is 0 Å². The standard InChI is InChI=1S/C19H26O/c1-18-10-3-2-5-14(18)7-8-15-16(18)9-12-19(13-20)11-4-6-17(15)19/h3,5,7-8,10,15-17,20H,2,4,6,9,11-13H2,1H3/t15-,16+,17+,18+,19+/m1/s1. The third-order valence-electron chi connectivity index (χ3n) is 7.00. The summed E-state index contributed by atoms with van der Waals surface area (Å²) < 4.78 is 0. The van der Waals surface area contributed by atoms with E-state index in [4.69, 9.17) is 0 Å². The molecule has 4 aliphatic rings. The number of aliphatic hydroxyl groups is 1. The zero-order valence-electron chi connectivity index (χ0n) is 12.5. The molecule has 0 radical (unpaired) electrons. The molecule has 4 aliphatic carbocycles. The summed E-state index contributed by atoms with van der Waals surface area (Å²) in [5, 5.41) is 9.99. The molecule has 4 rings (SSSR count). The van der Waals surface area contributed by atoms with Crippen molar-refractivity contribution in [2.45, 2.75) is 45.4 Å². The Kier molecular flexibility index (Phi) is 2.79. The first-order chi connectivity index (χ1) is 9.70. The molecule has 20 heavy (non-hydrogen) atoms. The van der Waals surface area contributed by atoms with Crippen molar-refractivity contribution in [3.05, 3.63) is 36.0 Å². The first-order valence-corrected chi connectivity index (χ1v) is 8.37. The van der Waals surface area contributed by atoms with E-state index in [0.29, 0.717) is 12.5 Å². The highest BCUT2D eigenvalue weighted by Gasteiger charge is 2.55. The molecule has 2 fully saturated rings. The van der Waals surface area contributed by atoms with Crippen molar-refractivity contribution < 1.29 is 5.11 Å². The van der Waals surface area contributed by atoms with Gasteiger partial charge < -0.3 is 5.11 Å². The Morgan fingerprint density at radius 2 is 2.15 bits per heavy atom. The van der Waals surface area contributed by atoms with E-state index < -0.39 is 0 Å². The lowest BCUT2D eigenvalue weighted by atomic mass is 9.50. The number of aliphatic hydroxyl groups excluding tert-OH is 1. The van der Waals surface area contributed by atoms with Crippen molar-refractivity contribution in [1.29, 1.82) is 0 Å². The summed E-state index contributed by atoms with van der Waals surface area (Å²) >= 11 is 0. The zero-order chi connectivity index (χ0) is 13.8. The number of hydrogen-bond acceptors (Lipinski definition) is 1. The van der Waals surface area contributed by atoms with Gasteiger partial charge in [0.1, 0.15) is 0 Å². The molecular weight excluding hydrogens is 244 g/mol. The van der Waals surface area contributed by atoms with Crippen LogP contribution >= 0.6 is 0 Å². The van der Waals surface area contributed by atoms with Crippen molar-refractivity contribution in [3.63, 3.8) is 0 Å². The van der Waals surface area contributed by atoms with E-state index in [1.165, 1.54) is 37.7 Å². The summed E-state index contributed by atoms with van der Waals surface area (Å²) in [6.07, 6.45) is 19.6. The van der Waals surface area contributed by atoms with Gasteiger partial charge in [0.15, 0.2) is 0 Å². The molecule has 1 nitrogen and oxygen atoms in total. The highest BCUT2D eigenvalue weighted by molar-refractivity contribution is 5.40. The Morgan fingerprint density at radius 1 is 1.25 bits per heavy atom. The second-order valence-electron chi connectivity index (χ2n) is 7.68. The molecule has 0 heterocycles. The van der Waals surface area contributed by atoms with Crippen LogP contribution in [-0.4, -0.2) is 11.7 Å². The Hall–Kier alpha value is -0.820. The van der Waals surface area contributed by atoms with E-state index in [2.05, 4.69) is 37.3 Å². The van der Waals surface area contributed by atoms with E-state index in [1.807, 2.05) is 0 Å². The van der Waals surface area contributed by atoms with Gasteiger partial charge in [-0.3, -0.25) is 0 Å². The molecule has 0 aromatic rings. The van der Waals surface area contributed by atoms with Crippen LogP contribution in [0.15, 0.2) is 36.0 Å². The molecule has 0 aromatic heterocycles. The van der Waals surface area contributed by atoms with Gasteiger partial charge in [-0.1, -0.05) is 43.7 Å². The average molecular weight is 270 g/mol. The van der Waals surface area contributed by atoms with Crippen LogP contribution < -0.4 is 0 Å². The summed E-state index contributed by atoms with van der Waals surface area (Å²) in [5.41, 5.74) is 2.04. The predicted octanol–water partition coefficient (Wildman–Crippen LogP) is 4.25. The van der Waals surface area contributed by atoms with E-state index >= 15 is 0 Å². The molecule has 0 amide bonds. The first-order valence-electron chi connectivity index (χ1n) is 8.37. The van der Waals surface area contributed by atoms with Crippen LogP contribution in [0.1, 0.15) is 45.4 Å². The Bertz CT molecular complexity index is 500. The van der Waals surface area contributed by atoms with Gasteiger partial charge in [-0.05, 0) is 60.8 Å². The highest BCUT2D eigenvalue weighted by atomic mass is 16.3. The van der Waals surface area contributed by atoms with Gasteiger partial charge in [0, 0.05) is 12.0 Å². The normalized spacial score (nSPS) is 49.3. The van der Waals surface area contributed by atoms with E-state index in [9.17, 15) is 5.11 Å². The highest BCUT2D eigenvalue weighted by Crippen LogP contribution is 2.62. The number of allylic oxidation sites excluding steroid dienone is 6. The topological polar surface area (TPSA) is 20.2 Å². The van der Waals surface area contributed by atoms with E-state index in [1.54, 1.807) is 0 Å². The smallest absolute Gasteiger partial charge is 0.0490 e. The van der Waals surface area contributed by atoms with Crippen LogP contribution in [0.5, 0.6) is 0 Å². The molecule has 0 unspecified atom stereocenters. The monoisotopic (exact) mass is 270 g/mol. The molecule has 0 bridgehead atoms. The zero-order valence-corrected chi connectivity index (χ0v) is 12.5. The molecule has 0 spiro atoms. The molecule has 1 N–H and O–H groups in total. The molecular formula is C19H26O. The summed E-state index contributed by atoms with van der Waals surface area (Å²) in [6.45, 7) is 2.85. The molecule has 1 heteroatoms. The summed E-state index contributed by atoms with van der Waals surface area (Å²) in [6, 6.07) is 0. The van der Waals surface area contributed by atoms with Gasteiger partial charge in [-0.25, -0.2) is 0 Å². The molecule has 108 valence electrons. The van der Waals surface area contributed by atoms with Crippen molar-refractivity contribution in [3.8, 4) is 0 Å². The molecule has 0 aromatic carbocycles. The maximum atomic E-state index is 9.99. The third-order valence-corrected chi connectivity index (χ3v) is 7.00. The maximum Gasteiger partial charge on any atom is 0.0490 e. The fraction of sp³-hybridized carbons (Fsp3) is 0.684. The van der Waals surface area contributed by atoms with E-state index in [-0.39, 0.29) is 10.8 Å². The summed E-state index contributed by atoms with van der Waals surface area (Å²) in [4.78, 5) is 0. The van der Waals surface area contributed by atoms with Crippen LogP contribution in [0.4, 0.5) is 0 Å². The Morgan fingerprint density at radius 3 is 3.00 bits per heavy atom. The van der Waals surface area contributed by atoms with Crippen molar-refractivity contribution in [2.24, 2.45) is 28.6 Å². The van der Waals surface area contributed by atoms with Crippen LogP contribution in [0, 0.1) is 28.6 Å². The molecule has 0 aliphatic heterocycles. The van der Waals surface area contributed by atoms with Crippen molar-refractivity contribution in [2.75, 3.05) is 6.61 Å². The summed E-state index contributed by atoms with van der Waals surface area (Å²) in [7, 11) is 0. The fourth-order valence-electron chi connectivity index (χ4n) is 5.86. The van der Waals surface area contributed by atoms with Crippen LogP contribution in [0.3, 0.4) is 0 Å². The summed E-state index contributed by atoms with van der Waals surface area (Å²) in [5.74, 6) is 2.15. The Labute approximate surface area is 122 Å². The van der Waals surface area contributed by atoms with Gasteiger partial charge in [0.25, 0.3) is 0 Å².